The Morgan fingerprint density at radius 3 is 2.00 bits per heavy atom. The van der Waals surface area contributed by atoms with Crippen LogP contribution in [0.5, 0.6) is 5.75 Å². The summed E-state index contributed by atoms with van der Waals surface area (Å²) >= 11 is 3.36. The summed E-state index contributed by atoms with van der Waals surface area (Å²) in [5.74, 6) is 0.0633. The van der Waals surface area contributed by atoms with Crippen LogP contribution in [-0.2, 0) is 10.8 Å². The molecule has 0 spiro atoms. The van der Waals surface area contributed by atoms with Gasteiger partial charge in [0.05, 0.1) is 5.69 Å². The maximum absolute atomic E-state index is 12.2. The molecule has 0 saturated heterocycles. The Morgan fingerprint density at radius 1 is 0.963 bits per heavy atom. The van der Waals surface area contributed by atoms with Crippen molar-refractivity contribution in [2.24, 2.45) is 0 Å². The van der Waals surface area contributed by atoms with Crippen LogP contribution >= 0.6 is 15.9 Å². The molecule has 0 unspecified atom stereocenters. The van der Waals surface area contributed by atoms with Gasteiger partial charge in [-0.2, -0.15) is 0 Å². The van der Waals surface area contributed by atoms with Gasteiger partial charge in [0.1, 0.15) is 5.75 Å². The van der Waals surface area contributed by atoms with E-state index in [1.54, 1.807) is 18.2 Å². The summed E-state index contributed by atoms with van der Waals surface area (Å²) in [6, 6.07) is 10.9. The summed E-state index contributed by atoms with van der Waals surface area (Å²) in [5, 5.41) is 10.8. The molecule has 0 aromatic heterocycles. The van der Waals surface area contributed by atoms with E-state index in [2.05, 4.69) is 73.9 Å². The fourth-order valence-electron chi connectivity index (χ4n) is 2.71. The molecule has 4 N–H and O–H groups in total. The molecule has 2 aromatic rings. The number of nitrogens with one attached hydrogen (secondary N) is 3. The van der Waals surface area contributed by atoms with Crippen LogP contribution in [0.2, 0.25) is 0 Å². The number of phenols is 1. The highest BCUT2D eigenvalue weighted by Gasteiger charge is 2.26. The number of anilines is 1. The SMILES string of the molecule is CC(C)(C)c1cc(NNNC(=O)c2cccc(Br)c2)cc(C(C)(C)C)c1O. The predicted molar refractivity (Wildman–Crippen MR) is 114 cm³/mol. The van der Waals surface area contributed by atoms with Gasteiger partial charge in [0.2, 0.25) is 0 Å². The van der Waals surface area contributed by atoms with Crippen molar-refractivity contribution in [1.29, 1.82) is 0 Å². The Kier molecular flexibility index (Phi) is 6.22. The van der Waals surface area contributed by atoms with Crippen molar-refractivity contribution in [3.63, 3.8) is 0 Å². The van der Waals surface area contributed by atoms with Gasteiger partial charge in [-0.3, -0.25) is 10.2 Å². The first-order valence-corrected chi connectivity index (χ1v) is 9.64. The van der Waals surface area contributed by atoms with E-state index in [1.807, 2.05) is 18.2 Å². The van der Waals surface area contributed by atoms with E-state index in [-0.39, 0.29) is 16.7 Å². The first kappa shape index (κ1) is 21.3. The number of phenolic OH excluding ortho intramolecular Hbond substituents is 1. The van der Waals surface area contributed by atoms with E-state index >= 15 is 0 Å². The lowest BCUT2D eigenvalue weighted by Crippen LogP contribution is -2.41. The van der Waals surface area contributed by atoms with Crippen molar-refractivity contribution >= 4 is 27.5 Å². The highest BCUT2D eigenvalue weighted by Crippen LogP contribution is 2.40. The van der Waals surface area contributed by atoms with Gasteiger partial charge in [-0.25, -0.2) is 0 Å². The smallest absolute Gasteiger partial charge is 0.266 e. The number of halogens is 1. The number of aromatic hydroxyl groups is 1. The van der Waals surface area contributed by atoms with Gasteiger partial charge in [-0.1, -0.05) is 63.5 Å². The first-order chi connectivity index (χ1) is 12.4. The molecule has 1 amide bonds. The van der Waals surface area contributed by atoms with Crippen LogP contribution in [0.4, 0.5) is 5.69 Å². The van der Waals surface area contributed by atoms with Crippen molar-refractivity contribution in [2.45, 2.75) is 52.4 Å². The molecule has 0 saturated carbocycles. The molecule has 0 fully saturated rings. The van der Waals surface area contributed by atoms with Crippen LogP contribution in [0.15, 0.2) is 40.9 Å². The number of hydrogen-bond donors (Lipinski definition) is 4. The third-order valence-corrected chi connectivity index (χ3v) is 4.69. The van der Waals surface area contributed by atoms with Crippen LogP contribution in [0.25, 0.3) is 0 Å². The predicted octanol–water partition coefficient (Wildman–Crippen LogP) is 5.01. The van der Waals surface area contributed by atoms with Gasteiger partial charge in [0, 0.05) is 21.2 Å². The number of rotatable bonds is 4. The second-order valence-electron chi connectivity index (χ2n) is 8.63. The molecule has 0 aliphatic carbocycles. The van der Waals surface area contributed by atoms with Gasteiger partial charge in [0.25, 0.3) is 5.91 Å². The van der Waals surface area contributed by atoms with E-state index in [9.17, 15) is 9.90 Å². The zero-order valence-corrected chi connectivity index (χ0v) is 18.3. The number of amides is 1. The largest absolute Gasteiger partial charge is 0.507 e. The summed E-state index contributed by atoms with van der Waals surface area (Å²) in [4.78, 5) is 12.2. The monoisotopic (exact) mass is 433 g/mol. The Balaban J connectivity index is 2.20. The molecule has 0 heterocycles. The topological polar surface area (TPSA) is 73.4 Å². The lowest BCUT2D eigenvalue weighted by Gasteiger charge is -2.28. The van der Waals surface area contributed by atoms with E-state index in [4.69, 9.17) is 0 Å². The maximum atomic E-state index is 12.2. The normalized spacial score (nSPS) is 12.0. The molecule has 0 bridgehead atoms. The Hall–Kier alpha value is -2.05. The number of benzene rings is 2. The maximum Gasteiger partial charge on any atom is 0.266 e. The summed E-state index contributed by atoms with van der Waals surface area (Å²) in [7, 11) is 0. The lowest BCUT2D eigenvalue weighted by molar-refractivity contribution is 0.0937. The second-order valence-corrected chi connectivity index (χ2v) is 9.55. The molecule has 5 nitrogen and oxygen atoms in total. The van der Waals surface area contributed by atoms with Crippen molar-refractivity contribution < 1.29 is 9.90 Å². The molecule has 0 radical (unpaired) electrons. The van der Waals surface area contributed by atoms with Crippen molar-refractivity contribution in [1.82, 2.24) is 11.0 Å². The van der Waals surface area contributed by atoms with Crippen molar-refractivity contribution in [3.05, 3.63) is 57.6 Å². The van der Waals surface area contributed by atoms with Gasteiger partial charge in [-0.05, 0) is 41.2 Å². The molecule has 0 aliphatic heterocycles. The minimum Gasteiger partial charge on any atom is -0.507 e. The van der Waals surface area contributed by atoms with Crippen LogP contribution in [0, 0.1) is 0 Å². The second kappa shape index (κ2) is 7.90. The molecule has 27 heavy (non-hydrogen) atoms. The molecular weight excluding hydrogens is 406 g/mol. The van der Waals surface area contributed by atoms with Crippen molar-refractivity contribution in [3.8, 4) is 5.75 Å². The van der Waals surface area contributed by atoms with E-state index < -0.39 is 0 Å². The average Bonchev–Trinajstić information content (AvgIpc) is 2.53. The fraction of sp³-hybridized carbons (Fsp3) is 0.381. The van der Waals surface area contributed by atoms with E-state index in [0.717, 1.165) is 21.3 Å². The summed E-state index contributed by atoms with van der Waals surface area (Å²) in [6.45, 7) is 12.3. The molecule has 0 atom stereocenters. The standard InChI is InChI=1S/C21H28BrN3O2/c1-20(2,3)16-11-15(12-17(18(16)26)21(4,5)6)23-25-24-19(27)13-8-7-9-14(22)10-13/h7-12,23,25-26H,1-6H3,(H,24,27). The van der Waals surface area contributed by atoms with Crippen molar-refractivity contribution in [2.75, 3.05) is 5.43 Å². The Bertz CT molecular complexity index is 801. The van der Waals surface area contributed by atoms with Crippen LogP contribution in [0.1, 0.15) is 63.0 Å². The average molecular weight is 434 g/mol. The quantitative estimate of drug-likeness (QED) is 0.403. The van der Waals surface area contributed by atoms with Gasteiger partial charge < -0.3 is 10.5 Å². The number of hydrogen-bond acceptors (Lipinski definition) is 4. The zero-order chi connectivity index (χ0) is 20.4. The molecule has 0 aliphatic rings. The highest BCUT2D eigenvalue weighted by molar-refractivity contribution is 9.10. The molecule has 146 valence electrons. The Morgan fingerprint density at radius 2 is 1.52 bits per heavy atom. The third kappa shape index (κ3) is 5.47. The zero-order valence-electron chi connectivity index (χ0n) is 16.7. The van der Waals surface area contributed by atoms with Crippen LogP contribution in [0.3, 0.4) is 0 Å². The van der Waals surface area contributed by atoms with E-state index in [1.165, 1.54) is 0 Å². The fourth-order valence-corrected chi connectivity index (χ4v) is 3.11. The number of hydrazine groups is 2. The lowest BCUT2D eigenvalue weighted by atomic mass is 9.79. The highest BCUT2D eigenvalue weighted by atomic mass is 79.9. The molecule has 2 aromatic carbocycles. The minimum atomic E-state index is -0.255. The molecule has 6 heteroatoms. The van der Waals surface area contributed by atoms with E-state index in [0.29, 0.717) is 11.3 Å². The first-order valence-electron chi connectivity index (χ1n) is 8.84. The summed E-state index contributed by atoms with van der Waals surface area (Å²) in [5.41, 5.74) is 10.9. The number of carbonyl (C=O) groups excluding carboxylic acids is 1. The van der Waals surface area contributed by atoms with Gasteiger partial charge in [-0.15, -0.1) is 5.53 Å². The Labute approximate surface area is 169 Å². The van der Waals surface area contributed by atoms with Gasteiger partial charge in [0.15, 0.2) is 0 Å². The number of carbonyl (C=O) groups is 1. The minimum absolute atomic E-state index is 0.221. The van der Waals surface area contributed by atoms with Crippen LogP contribution < -0.4 is 16.4 Å². The molecular formula is C21H28BrN3O2. The van der Waals surface area contributed by atoms with Crippen LogP contribution in [-0.4, -0.2) is 11.0 Å². The summed E-state index contributed by atoms with van der Waals surface area (Å²) < 4.78 is 0.839. The van der Waals surface area contributed by atoms with Gasteiger partial charge >= 0.3 is 0 Å². The summed E-state index contributed by atoms with van der Waals surface area (Å²) in [6.07, 6.45) is 0. The third-order valence-electron chi connectivity index (χ3n) is 4.20. The molecule has 2 rings (SSSR count).